The van der Waals surface area contributed by atoms with E-state index in [0.29, 0.717) is 12.6 Å². The average molecular weight is 570 g/mol. The van der Waals surface area contributed by atoms with E-state index in [9.17, 15) is 0 Å². The number of nitrogens with zero attached hydrogens (tertiary/aromatic N) is 2. The topological polar surface area (TPSA) is 76.6 Å². The monoisotopic (exact) mass is 570 g/mol. The van der Waals surface area contributed by atoms with Crippen molar-refractivity contribution in [1.29, 1.82) is 0 Å². The van der Waals surface area contributed by atoms with Crippen LogP contribution in [-0.4, -0.2) is 65.5 Å². The number of hydrogen-bond donors (Lipinski definition) is 2. The average Bonchev–Trinajstić information content (AvgIpc) is 3.27. The van der Waals surface area contributed by atoms with Crippen LogP contribution in [0.2, 0.25) is 0 Å². The third-order valence-electron chi connectivity index (χ3n) is 5.59. The van der Waals surface area contributed by atoms with E-state index in [2.05, 4.69) is 32.7 Å². The van der Waals surface area contributed by atoms with E-state index in [-0.39, 0.29) is 24.0 Å². The molecule has 0 aromatic heterocycles. The van der Waals surface area contributed by atoms with Gasteiger partial charge in [-0.3, -0.25) is 9.89 Å². The Morgan fingerprint density at radius 2 is 1.67 bits per heavy atom. The highest BCUT2D eigenvalue weighted by Crippen LogP contribution is 2.25. The number of halogens is 1. The van der Waals surface area contributed by atoms with E-state index in [0.717, 1.165) is 60.6 Å². The molecule has 0 amide bonds. The number of aliphatic imine (C=N–C) groups is 1. The van der Waals surface area contributed by atoms with Gasteiger partial charge in [-0.15, -0.1) is 24.0 Å². The zero-order valence-corrected chi connectivity index (χ0v) is 22.3. The van der Waals surface area contributed by atoms with Gasteiger partial charge >= 0.3 is 0 Å². The molecule has 2 aromatic carbocycles. The van der Waals surface area contributed by atoms with E-state index >= 15 is 0 Å². The molecule has 0 bridgehead atoms. The number of nitrogens with one attached hydrogen (secondary N) is 2. The van der Waals surface area contributed by atoms with Gasteiger partial charge in [0.15, 0.2) is 5.96 Å². The Bertz CT molecular complexity index is 903. The first kappa shape index (κ1) is 26.8. The normalized spacial score (nSPS) is 16.0. The molecule has 1 unspecified atom stereocenters. The first-order valence-electron chi connectivity index (χ1n) is 10.7. The minimum Gasteiger partial charge on any atom is -0.497 e. The summed E-state index contributed by atoms with van der Waals surface area (Å²) in [5.74, 6) is 3.96. The lowest BCUT2D eigenvalue weighted by Crippen LogP contribution is -2.44. The fourth-order valence-electron chi connectivity index (χ4n) is 3.87. The van der Waals surface area contributed by atoms with Gasteiger partial charge in [-0.05, 0) is 36.2 Å². The molecule has 1 saturated heterocycles. The molecule has 1 aliphatic heterocycles. The standard InChI is InChI=1S/C24H34N4O4.HI/c1-25-24(26-14-18-6-7-20(29-2)13-23(18)32-5)27-19-8-9-28(16-19)15-17-10-21(30-3)12-22(11-17)31-4;/h6-7,10-13,19H,8-9,14-16H2,1-5H3,(H2,25,26,27);1H. The molecule has 1 heterocycles. The van der Waals surface area contributed by atoms with Gasteiger partial charge < -0.3 is 29.6 Å². The van der Waals surface area contributed by atoms with Gasteiger partial charge in [-0.25, -0.2) is 0 Å². The summed E-state index contributed by atoms with van der Waals surface area (Å²) in [5.41, 5.74) is 2.22. The highest BCUT2D eigenvalue weighted by Gasteiger charge is 2.23. The summed E-state index contributed by atoms with van der Waals surface area (Å²) in [6.07, 6.45) is 1.05. The second kappa shape index (κ2) is 13.3. The van der Waals surface area contributed by atoms with Crippen LogP contribution in [0.1, 0.15) is 17.5 Å². The molecule has 2 N–H and O–H groups in total. The Morgan fingerprint density at radius 1 is 0.970 bits per heavy atom. The van der Waals surface area contributed by atoms with E-state index in [4.69, 9.17) is 18.9 Å². The van der Waals surface area contributed by atoms with Crippen LogP contribution in [0.5, 0.6) is 23.0 Å². The molecule has 0 saturated carbocycles. The molecule has 33 heavy (non-hydrogen) atoms. The molecule has 182 valence electrons. The van der Waals surface area contributed by atoms with Crippen LogP contribution < -0.4 is 29.6 Å². The molecule has 1 atom stereocenters. The molecule has 3 rings (SSSR count). The Balaban J connectivity index is 0.00000385. The zero-order chi connectivity index (χ0) is 22.9. The van der Waals surface area contributed by atoms with Crippen molar-refractivity contribution < 1.29 is 18.9 Å². The summed E-state index contributed by atoms with van der Waals surface area (Å²) >= 11 is 0. The minimum absolute atomic E-state index is 0. The van der Waals surface area contributed by atoms with Gasteiger partial charge in [-0.2, -0.15) is 0 Å². The van der Waals surface area contributed by atoms with Crippen LogP contribution in [0.25, 0.3) is 0 Å². The van der Waals surface area contributed by atoms with Gasteiger partial charge in [0.25, 0.3) is 0 Å². The van der Waals surface area contributed by atoms with Crippen molar-refractivity contribution in [1.82, 2.24) is 15.5 Å². The smallest absolute Gasteiger partial charge is 0.191 e. The predicted molar refractivity (Wildman–Crippen MR) is 142 cm³/mol. The van der Waals surface area contributed by atoms with E-state index in [1.165, 1.54) is 5.56 Å². The van der Waals surface area contributed by atoms with Crippen LogP contribution >= 0.6 is 24.0 Å². The Kier molecular flexibility index (Phi) is 10.9. The fourth-order valence-corrected chi connectivity index (χ4v) is 3.87. The molecular weight excluding hydrogens is 535 g/mol. The van der Waals surface area contributed by atoms with Crippen LogP contribution in [0.4, 0.5) is 0 Å². The van der Waals surface area contributed by atoms with Crippen LogP contribution in [0.3, 0.4) is 0 Å². The van der Waals surface area contributed by atoms with Gasteiger partial charge in [0.05, 0.1) is 28.4 Å². The van der Waals surface area contributed by atoms with Gasteiger partial charge in [0, 0.05) is 57.0 Å². The highest BCUT2D eigenvalue weighted by atomic mass is 127. The molecular formula is C24H35IN4O4. The largest absolute Gasteiger partial charge is 0.497 e. The number of methoxy groups -OCH3 is 4. The maximum atomic E-state index is 5.49. The number of benzene rings is 2. The lowest BCUT2D eigenvalue weighted by molar-refractivity contribution is 0.321. The fraction of sp³-hybridized carbons (Fsp3) is 0.458. The van der Waals surface area contributed by atoms with Crippen molar-refractivity contribution in [3.63, 3.8) is 0 Å². The first-order valence-corrected chi connectivity index (χ1v) is 10.7. The molecule has 9 heteroatoms. The lowest BCUT2D eigenvalue weighted by atomic mass is 10.2. The number of ether oxygens (including phenoxy) is 4. The number of guanidine groups is 1. The minimum atomic E-state index is 0. The van der Waals surface area contributed by atoms with E-state index < -0.39 is 0 Å². The molecule has 0 radical (unpaired) electrons. The van der Waals surface area contributed by atoms with Gasteiger partial charge in [0.2, 0.25) is 0 Å². The van der Waals surface area contributed by atoms with Gasteiger partial charge in [-0.1, -0.05) is 0 Å². The van der Waals surface area contributed by atoms with E-state index in [1.807, 2.05) is 24.3 Å². The van der Waals surface area contributed by atoms with Crippen LogP contribution in [-0.2, 0) is 13.1 Å². The molecule has 0 spiro atoms. The SMILES string of the molecule is CN=C(NCc1ccc(OC)cc1OC)NC1CCN(Cc2cc(OC)cc(OC)c2)C1.I. The number of likely N-dealkylation sites (tertiary alicyclic amines) is 1. The van der Waals surface area contributed by atoms with Crippen molar-refractivity contribution in [3.05, 3.63) is 47.5 Å². The summed E-state index contributed by atoms with van der Waals surface area (Å²) in [6, 6.07) is 12.2. The van der Waals surface area contributed by atoms with E-state index in [1.54, 1.807) is 35.5 Å². The first-order chi connectivity index (χ1) is 15.6. The van der Waals surface area contributed by atoms with Crippen molar-refractivity contribution >= 4 is 29.9 Å². The molecule has 2 aromatic rings. The quantitative estimate of drug-likeness (QED) is 0.272. The summed E-state index contributed by atoms with van der Waals surface area (Å²) in [4.78, 5) is 6.81. The maximum Gasteiger partial charge on any atom is 0.191 e. The van der Waals surface area contributed by atoms with Crippen LogP contribution in [0, 0.1) is 0 Å². The summed E-state index contributed by atoms with van der Waals surface area (Å²) in [5, 5.41) is 6.93. The van der Waals surface area contributed by atoms with Crippen molar-refractivity contribution in [2.24, 2.45) is 4.99 Å². The molecule has 8 nitrogen and oxygen atoms in total. The van der Waals surface area contributed by atoms with Crippen molar-refractivity contribution in [3.8, 4) is 23.0 Å². The van der Waals surface area contributed by atoms with Gasteiger partial charge in [0.1, 0.15) is 23.0 Å². The molecule has 1 fully saturated rings. The summed E-state index contributed by atoms with van der Waals surface area (Å²) in [7, 11) is 8.45. The third-order valence-corrected chi connectivity index (χ3v) is 5.59. The predicted octanol–water partition coefficient (Wildman–Crippen LogP) is 3.28. The Labute approximate surface area is 213 Å². The lowest BCUT2D eigenvalue weighted by Gasteiger charge is -2.20. The number of hydrogen-bond acceptors (Lipinski definition) is 6. The highest BCUT2D eigenvalue weighted by molar-refractivity contribution is 14.0. The molecule has 0 aliphatic carbocycles. The summed E-state index contributed by atoms with van der Waals surface area (Å²) < 4.78 is 21.5. The maximum absolute atomic E-state index is 5.49. The Hall–Kier alpha value is -2.40. The number of rotatable bonds is 9. The summed E-state index contributed by atoms with van der Waals surface area (Å²) in [6.45, 7) is 3.40. The van der Waals surface area contributed by atoms with Crippen molar-refractivity contribution in [2.75, 3.05) is 48.6 Å². The van der Waals surface area contributed by atoms with Crippen molar-refractivity contribution in [2.45, 2.75) is 25.6 Å². The zero-order valence-electron chi connectivity index (χ0n) is 20.0. The second-order valence-corrected chi connectivity index (χ2v) is 7.69. The Morgan fingerprint density at radius 3 is 2.27 bits per heavy atom. The third kappa shape index (κ3) is 7.56. The second-order valence-electron chi connectivity index (χ2n) is 7.69. The van der Waals surface area contributed by atoms with Crippen LogP contribution in [0.15, 0.2) is 41.4 Å². The molecule has 1 aliphatic rings.